The Kier molecular flexibility index (Phi) is 4.39. The van der Waals surface area contributed by atoms with E-state index in [2.05, 4.69) is 72.6 Å². The van der Waals surface area contributed by atoms with Crippen LogP contribution in [-0.4, -0.2) is 18.8 Å². The van der Waals surface area contributed by atoms with Crippen LogP contribution in [0.4, 0.5) is 11.4 Å². The first-order valence-corrected chi connectivity index (χ1v) is 8.63. The Morgan fingerprint density at radius 2 is 1.76 bits per heavy atom. The molecule has 0 saturated carbocycles. The molecular formula is C18H22N2S. The predicted octanol–water partition coefficient (Wildman–Crippen LogP) is 4.79. The number of benzene rings is 2. The van der Waals surface area contributed by atoms with Crippen molar-refractivity contribution in [3.05, 3.63) is 54.1 Å². The molecule has 0 aromatic heterocycles. The van der Waals surface area contributed by atoms with E-state index in [1.165, 1.54) is 21.8 Å². The van der Waals surface area contributed by atoms with Gasteiger partial charge < -0.3 is 10.2 Å². The Bertz CT molecular complexity index is 590. The van der Waals surface area contributed by atoms with E-state index in [1.54, 1.807) is 0 Å². The molecule has 0 spiro atoms. The summed E-state index contributed by atoms with van der Waals surface area (Å²) in [6.45, 7) is 6.50. The zero-order valence-electron chi connectivity index (χ0n) is 12.7. The molecule has 0 aliphatic carbocycles. The number of thioether (sulfide) groups is 1. The lowest BCUT2D eigenvalue weighted by atomic mass is 10.1. The molecule has 1 aliphatic heterocycles. The monoisotopic (exact) mass is 298 g/mol. The zero-order chi connectivity index (χ0) is 14.7. The van der Waals surface area contributed by atoms with Crippen LogP contribution >= 0.6 is 11.8 Å². The standard InChI is InChI=1S/C18H22N2S/c1-3-20(4-2)15-11-9-14(10-12-15)19-17-13-21-18-8-6-5-7-16(17)18/h5-12,17,19H,3-4,13H2,1-2H3. The molecule has 0 saturated heterocycles. The lowest BCUT2D eigenvalue weighted by Crippen LogP contribution is -2.21. The van der Waals surface area contributed by atoms with Crippen LogP contribution in [0.1, 0.15) is 25.5 Å². The molecule has 1 N–H and O–H groups in total. The van der Waals surface area contributed by atoms with Gasteiger partial charge in [-0.25, -0.2) is 0 Å². The van der Waals surface area contributed by atoms with E-state index in [0.717, 1.165) is 18.8 Å². The van der Waals surface area contributed by atoms with Gasteiger partial charge in [-0.05, 0) is 49.7 Å². The van der Waals surface area contributed by atoms with Gasteiger partial charge in [0, 0.05) is 35.1 Å². The van der Waals surface area contributed by atoms with Crippen molar-refractivity contribution in [2.75, 3.05) is 29.1 Å². The van der Waals surface area contributed by atoms with Crippen molar-refractivity contribution in [2.45, 2.75) is 24.8 Å². The van der Waals surface area contributed by atoms with Gasteiger partial charge in [0.05, 0.1) is 6.04 Å². The molecule has 0 fully saturated rings. The summed E-state index contributed by atoms with van der Waals surface area (Å²) in [6.07, 6.45) is 0. The van der Waals surface area contributed by atoms with Crippen LogP contribution in [0.2, 0.25) is 0 Å². The normalized spacial score (nSPS) is 16.6. The smallest absolute Gasteiger partial charge is 0.0618 e. The van der Waals surface area contributed by atoms with Gasteiger partial charge in [0.25, 0.3) is 0 Å². The summed E-state index contributed by atoms with van der Waals surface area (Å²) in [6, 6.07) is 17.9. The lowest BCUT2D eigenvalue weighted by Gasteiger charge is -2.22. The molecule has 21 heavy (non-hydrogen) atoms. The number of rotatable bonds is 5. The molecular weight excluding hydrogens is 276 g/mol. The second-order valence-corrected chi connectivity index (χ2v) is 6.33. The summed E-state index contributed by atoms with van der Waals surface area (Å²) in [5, 5.41) is 3.66. The van der Waals surface area contributed by atoms with Gasteiger partial charge in [-0.3, -0.25) is 0 Å². The molecule has 110 valence electrons. The van der Waals surface area contributed by atoms with Crippen molar-refractivity contribution in [1.82, 2.24) is 0 Å². The minimum atomic E-state index is 0.422. The molecule has 2 aromatic carbocycles. The van der Waals surface area contributed by atoms with Crippen molar-refractivity contribution in [3.8, 4) is 0 Å². The molecule has 2 nitrogen and oxygen atoms in total. The summed E-state index contributed by atoms with van der Waals surface area (Å²) in [7, 11) is 0. The zero-order valence-corrected chi connectivity index (χ0v) is 13.5. The molecule has 3 rings (SSSR count). The van der Waals surface area contributed by atoms with Gasteiger partial charge in [0.1, 0.15) is 0 Å². The fourth-order valence-corrected chi connectivity index (χ4v) is 4.00. The maximum Gasteiger partial charge on any atom is 0.0618 e. The highest BCUT2D eigenvalue weighted by Gasteiger charge is 2.22. The van der Waals surface area contributed by atoms with Crippen molar-refractivity contribution < 1.29 is 0 Å². The average Bonchev–Trinajstić information content (AvgIpc) is 2.93. The van der Waals surface area contributed by atoms with Crippen LogP contribution in [0.25, 0.3) is 0 Å². The molecule has 3 heteroatoms. The predicted molar refractivity (Wildman–Crippen MR) is 93.5 cm³/mol. The third-order valence-electron chi connectivity index (χ3n) is 4.04. The Labute approximate surface area is 131 Å². The van der Waals surface area contributed by atoms with E-state index in [-0.39, 0.29) is 0 Å². The second-order valence-electron chi connectivity index (χ2n) is 5.26. The Hall–Kier alpha value is -1.61. The topological polar surface area (TPSA) is 15.3 Å². The van der Waals surface area contributed by atoms with Crippen LogP contribution in [0, 0.1) is 0 Å². The molecule has 2 aromatic rings. The van der Waals surface area contributed by atoms with E-state index in [0.29, 0.717) is 6.04 Å². The van der Waals surface area contributed by atoms with Crippen molar-refractivity contribution in [2.24, 2.45) is 0 Å². The number of hydrogen-bond acceptors (Lipinski definition) is 3. The highest BCUT2D eigenvalue weighted by molar-refractivity contribution is 7.99. The molecule has 1 unspecified atom stereocenters. The van der Waals surface area contributed by atoms with Crippen LogP contribution in [0.15, 0.2) is 53.4 Å². The highest BCUT2D eigenvalue weighted by atomic mass is 32.2. The van der Waals surface area contributed by atoms with Gasteiger partial charge in [-0.2, -0.15) is 0 Å². The quantitative estimate of drug-likeness (QED) is 0.854. The van der Waals surface area contributed by atoms with Gasteiger partial charge in [0.15, 0.2) is 0 Å². The van der Waals surface area contributed by atoms with E-state index >= 15 is 0 Å². The van der Waals surface area contributed by atoms with Gasteiger partial charge in [-0.1, -0.05) is 18.2 Å². The third-order valence-corrected chi connectivity index (χ3v) is 5.22. The van der Waals surface area contributed by atoms with E-state index in [1.807, 2.05) is 11.8 Å². The fourth-order valence-electron chi connectivity index (χ4n) is 2.84. The van der Waals surface area contributed by atoms with E-state index in [4.69, 9.17) is 0 Å². The molecule has 0 amide bonds. The summed E-state index contributed by atoms with van der Waals surface area (Å²) >= 11 is 1.94. The first kappa shape index (κ1) is 14.3. The maximum atomic E-state index is 3.66. The lowest BCUT2D eigenvalue weighted by molar-refractivity contribution is 0.865. The summed E-state index contributed by atoms with van der Waals surface area (Å²) in [5.74, 6) is 1.11. The van der Waals surface area contributed by atoms with E-state index in [9.17, 15) is 0 Å². The minimum absolute atomic E-state index is 0.422. The molecule has 0 radical (unpaired) electrons. The Morgan fingerprint density at radius 3 is 2.48 bits per heavy atom. The molecule has 1 heterocycles. The number of nitrogens with zero attached hydrogens (tertiary/aromatic N) is 1. The highest BCUT2D eigenvalue weighted by Crippen LogP contribution is 2.39. The van der Waals surface area contributed by atoms with Gasteiger partial charge in [-0.15, -0.1) is 11.8 Å². The van der Waals surface area contributed by atoms with Crippen LogP contribution in [-0.2, 0) is 0 Å². The van der Waals surface area contributed by atoms with Crippen molar-refractivity contribution in [1.29, 1.82) is 0 Å². The van der Waals surface area contributed by atoms with Crippen LogP contribution in [0.5, 0.6) is 0 Å². The fraction of sp³-hybridized carbons (Fsp3) is 0.333. The Morgan fingerprint density at radius 1 is 1.05 bits per heavy atom. The van der Waals surface area contributed by atoms with Crippen LogP contribution < -0.4 is 10.2 Å². The maximum absolute atomic E-state index is 3.66. The number of fused-ring (bicyclic) bond motifs is 1. The Balaban J connectivity index is 1.72. The SMILES string of the molecule is CCN(CC)c1ccc(NC2CSc3ccccc32)cc1. The minimum Gasteiger partial charge on any atom is -0.377 e. The largest absolute Gasteiger partial charge is 0.377 e. The number of anilines is 2. The van der Waals surface area contributed by atoms with Crippen molar-refractivity contribution in [3.63, 3.8) is 0 Å². The first-order chi connectivity index (χ1) is 10.3. The number of hydrogen-bond donors (Lipinski definition) is 1. The molecule has 1 aliphatic rings. The van der Waals surface area contributed by atoms with Gasteiger partial charge in [0.2, 0.25) is 0 Å². The summed E-state index contributed by atoms with van der Waals surface area (Å²) < 4.78 is 0. The second kappa shape index (κ2) is 6.44. The molecule has 1 atom stereocenters. The van der Waals surface area contributed by atoms with Gasteiger partial charge >= 0.3 is 0 Å². The van der Waals surface area contributed by atoms with E-state index < -0.39 is 0 Å². The van der Waals surface area contributed by atoms with Crippen molar-refractivity contribution >= 4 is 23.1 Å². The summed E-state index contributed by atoms with van der Waals surface area (Å²) in [4.78, 5) is 3.78. The third kappa shape index (κ3) is 3.03. The molecule has 0 bridgehead atoms. The summed E-state index contributed by atoms with van der Waals surface area (Å²) in [5.41, 5.74) is 3.93. The van der Waals surface area contributed by atoms with Crippen LogP contribution in [0.3, 0.4) is 0 Å². The average molecular weight is 298 g/mol. The number of nitrogens with one attached hydrogen (secondary N) is 1. The first-order valence-electron chi connectivity index (χ1n) is 7.65.